The van der Waals surface area contributed by atoms with Gasteiger partial charge in [0.2, 0.25) is 0 Å². The summed E-state index contributed by atoms with van der Waals surface area (Å²) in [4.78, 5) is 4.75. The summed E-state index contributed by atoms with van der Waals surface area (Å²) in [5.74, 6) is -0.217. The number of aryl methyl sites for hydroxylation is 1. The van der Waals surface area contributed by atoms with Crippen molar-refractivity contribution in [2.45, 2.75) is 45.6 Å². The summed E-state index contributed by atoms with van der Waals surface area (Å²) >= 11 is 0. The van der Waals surface area contributed by atoms with Gasteiger partial charge in [-0.3, -0.25) is 4.68 Å². The molecule has 1 aliphatic rings. The first-order valence-corrected chi connectivity index (χ1v) is 9.98. The monoisotopic (exact) mass is 411 g/mol. The highest BCUT2D eigenvalue weighted by Crippen LogP contribution is 2.45. The number of hydrogen-bond acceptors (Lipinski definition) is 3. The molecule has 8 heteroatoms. The van der Waals surface area contributed by atoms with Crippen molar-refractivity contribution in [3.05, 3.63) is 59.3 Å². The number of halogens is 3. The number of aromatic nitrogens is 5. The van der Waals surface area contributed by atoms with Gasteiger partial charge in [-0.2, -0.15) is 10.2 Å². The topological polar surface area (TPSA) is 48.5 Å². The third-order valence-electron chi connectivity index (χ3n) is 5.64. The smallest absolute Gasteiger partial charge is 0.264 e. The number of nitrogens with zero attached hydrogens (tertiary/aromatic N) is 5. The van der Waals surface area contributed by atoms with Gasteiger partial charge in [-0.05, 0) is 57.0 Å². The molecule has 0 N–H and O–H groups in total. The van der Waals surface area contributed by atoms with Crippen LogP contribution in [0.15, 0.2) is 36.5 Å². The van der Waals surface area contributed by atoms with Crippen molar-refractivity contribution >= 4 is 11.0 Å². The number of hydrogen-bond donors (Lipinski definition) is 0. The van der Waals surface area contributed by atoms with Gasteiger partial charge < -0.3 is 0 Å². The summed E-state index contributed by atoms with van der Waals surface area (Å²) in [6.07, 6.45) is 0.826. The van der Waals surface area contributed by atoms with Crippen LogP contribution in [0.4, 0.5) is 13.2 Å². The Balaban J connectivity index is 1.81. The number of benzene rings is 1. The van der Waals surface area contributed by atoms with Crippen LogP contribution >= 0.6 is 0 Å². The van der Waals surface area contributed by atoms with E-state index in [1.807, 2.05) is 13.8 Å². The van der Waals surface area contributed by atoms with Crippen LogP contribution in [0, 0.1) is 12.7 Å². The lowest BCUT2D eigenvalue weighted by Gasteiger charge is -2.09. The maximum atomic E-state index is 14.2. The Morgan fingerprint density at radius 2 is 1.90 bits per heavy atom. The van der Waals surface area contributed by atoms with Gasteiger partial charge in [0.1, 0.15) is 5.82 Å². The Morgan fingerprint density at radius 1 is 1.17 bits per heavy atom. The Kier molecular flexibility index (Phi) is 4.38. The molecule has 1 aliphatic carbocycles. The molecule has 0 atom stereocenters. The second kappa shape index (κ2) is 6.97. The van der Waals surface area contributed by atoms with Gasteiger partial charge in [0.25, 0.3) is 6.43 Å². The highest BCUT2D eigenvalue weighted by atomic mass is 19.3. The predicted octanol–water partition coefficient (Wildman–Crippen LogP) is 5.57. The van der Waals surface area contributed by atoms with Crippen LogP contribution in [-0.4, -0.2) is 24.5 Å². The van der Waals surface area contributed by atoms with E-state index in [0.717, 1.165) is 18.5 Å². The summed E-state index contributed by atoms with van der Waals surface area (Å²) in [5.41, 5.74) is 3.51. The molecular formula is C22H20F3N5. The minimum Gasteiger partial charge on any atom is -0.269 e. The largest absolute Gasteiger partial charge is 0.269 e. The fourth-order valence-electron chi connectivity index (χ4n) is 3.90. The molecule has 5 rings (SSSR count). The fraction of sp³-hybridized carbons (Fsp3) is 0.318. The number of alkyl halides is 2. The normalized spacial score (nSPS) is 14.2. The van der Waals surface area contributed by atoms with E-state index in [9.17, 15) is 13.2 Å². The summed E-state index contributed by atoms with van der Waals surface area (Å²) < 4.78 is 45.1. The molecule has 0 aliphatic heterocycles. The summed E-state index contributed by atoms with van der Waals surface area (Å²) in [6, 6.07) is 7.27. The van der Waals surface area contributed by atoms with Crippen molar-refractivity contribution in [1.29, 1.82) is 0 Å². The van der Waals surface area contributed by atoms with Crippen LogP contribution in [0.2, 0.25) is 0 Å². The lowest BCUT2D eigenvalue weighted by molar-refractivity contribution is 0.153. The van der Waals surface area contributed by atoms with Crippen molar-refractivity contribution in [2.24, 2.45) is 0 Å². The van der Waals surface area contributed by atoms with E-state index < -0.39 is 6.43 Å². The van der Waals surface area contributed by atoms with Gasteiger partial charge in [0.05, 0.1) is 28.7 Å². The zero-order valence-electron chi connectivity index (χ0n) is 16.6. The molecule has 3 heterocycles. The summed E-state index contributed by atoms with van der Waals surface area (Å²) in [7, 11) is 0. The molecule has 1 aromatic carbocycles. The van der Waals surface area contributed by atoms with Gasteiger partial charge >= 0.3 is 0 Å². The molecule has 30 heavy (non-hydrogen) atoms. The van der Waals surface area contributed by atoms with Crippen LogP contribution in [0.3, 0.4) is 0 Å². The highest BCUT2D eigenvalue weighted by molar-refractivity contribution is 5.87. The average molecular weight is 411 g/mol. The molecule has 4 aromatic rings. The fourth-order valence-corrected chi connectivity index (χ4v) is 3.90. The van der Waals surface area contributed by atoms with Gasteiger partial charge in [-0.15, -0.1) is 0 Å². The van der Waals surface area contributed by atoms with Crippen LogP contribution < -0.4 is 0 Å². The second-order valence-corrected chi connectivity index (χ2v) is 7.60. The van der Waals surface area contributed by atoms with E-state index in [4.69, 9.17) is 4.98 Å². The third kappa shape index (κ3) is 2.98. The average Bonchev–Trinajstić information content (AvgIpc) is 3.41. The van der Waals surface area contributed by atoms with Crippen molar-refractivity contribution in [3.63, 3.8) is 0 Å². The van der Waals surface area contributed by atoms with E-state index in [0.29, 0.717) is 40.2 Å². The van der Waals surface area contributed by atoms with Crippen LogP contribution in [0.1, 0.15) is 49.1 Å². The van der Waals surface area contributed by atoms with Crippen LogP contribution in [0.25, 0.3) is 28.0 Å². The molecule has 1 saturated carbocycles. The maximum absolute atomic E-state index is 14.2. The predicted molar refractivity (Wildman–Crippen MR) is 107 cm³/mol. The first-order valence-electron chi connectivity index (χ1n) is 9.98. The van der Waals surface area contributed by atoms with Gasteiger partial charge in [0, 0.05) is 29.3 Å². The summed E-state index contributed by atoms with van der Waals surface area (Å²) in [6.45, 7) is 4.54. The molecule has 0 saturated heterocycles. The standard InChI is InChI=1S/C22H20F3N5/c1-3-29-12(2)17(11-26-29)18-10-16(21(24)25)19-20(13-4-5-13)28-30(22(19)27-18)15-8-6-14(23)7-9-15/h6-11,13,21H,3-5H2,1-2H3. The van der Waals surface area contributed by atoms with Crippen LogP contribution in [-0.2, 0) is 6.54 Å². The second-order valence-electron chi connectivity index (χ2n) is 7.60. The van der Waals surface area contributed by atoms with E-state index in [2.05, 4.69) is 10.2 Å². The van der Waals surface area contributed by atoms with Gasteiger partial charge in [0.15, 0.2) is 5.65 Å². The zero-order chi connectivity index (χ0) is 21.0. The van der Waals surface area contributed by atoms with E-state index in [-0.39, 0.29) is 17.3 Å². The molecule has 0 spiro atoms. The van der Waals surface area contributed by atoms with E-state index in [1.165, 1.54) is 18.2 Å². The lowest BCUT2D eigenvalue weighted by atomic mass is 10.0. The SMILES string of the molecule is CCn1ncc(-c2cc(C(F)F)c3c(C4CC4)nn(-c4ccc(F)cc4)c3n2)c1C. The van der Waals surface area contributed by atoms with Crippen molar-refractivity contribution in [2.75, 3.05) is 0 Å². The highest BCUT2D eigenvalue weighted by Gasteiger charge is 2.33. The van der Waals surface area contributed by atoms with E-state index >= 15 is 0 Å². The molecule has 0 amide bonds. The van der Waals surface area contributed by atoms with Crippen molar-refractivity contribution in [3.8, 4) is 16.9 Å². The minimum absolute atomic E-state index is 0.0751. The van der Waals surface area contributed by atoms with Crippen molar-refractivity contribution in [1.82, 2.24) is 24.5 Å². The molecule has 154 valence electrons. The van der Waals surface area contributed by atoms with Crippen LogP contribution in [0.5, 0.6) is 0 Å². The lowest BCUT2D eigenvalue weighted by Crippen LogP contribution is -2.01. The molecule has 0 unspecified atom stereocenters. The molecular weight excluding hydrogens is 391 g/mol. The third-order valence-corrected chi connectivity index (χ3v) is 5.64. The first-order chi connectivity index (χ1) is 14.5. The van der Waals surface area contributed by atoms with Gasteiger partial charge in [-0.1, -0.05) is 0 Å². The minimum atomic E-state index is -2.67. The molecule has 5 nitrogen and oxygen atoms in total. The quantitative estimate of drug-likeness (QED) is 0.432. The Morgan fingerprint density at radius 3 is 2.50 bits per heavy atom. The number of pyridine rings is 1. The Bertz CT molecular complexity index is 1240. The molecule has 3 aromatic heterocycles. The summed E-state index contributed by atoms with van der Waals surface area (Å²) in [5, 5.41) is 9.38. The molecule has 1 fully saturated rings. The maximum Gasteiger partial charge on any atom is 0.264 e. The van der Waals surface area contributed by atoms with E-state index in [1.54, 1.807) is 27.7 Å². The van der Waals surface area contributed by atoms with Gasteiger partial charge in [-0.25, -0.2) is 22.8 Å². The van der Waals surface area contributed by atoms with Crippen molar-refractivity contribution < 1.29 is 13.2 Å². The Hall–Kier alpha value is -3.16. The molecule has 0 radical (unpaired) electrons. The Labute approximate surface area is 171 Å². The number of fused-ring (bicyclic) bond motifs is 1. The molecule has 0 bridgehead atoms. The first kappa shape index (κ1) is 18.8. The number of rotatable bonds is 5. The zero-order valence-corrected chi connectivity index (χ0v) is 16.6.